The van der Waals surface area contributed by atoms with Crippen molar-refractivity contribution < 1.29 is 57.6 Å². The second-order valence-corrected chi connectivity index (χ2v) is 15.8. The van der Waals surface area contributed by atoms with Gasteiger partial charge in [-0.1, -0.05) is 0 Å². The fourth-order valence-electron chi connectivity index (χ4n) is 4.78. The summed E-state index contributed by atoms with van der Waals surface area (Å²) in [5.74, 6) is -3.58. The Morgan fingerprint density at radius 3 is 1.13 bits per heavy atom. The Kier molecular flexibility index (Phi) is 14.1. The number of amides is 2. The Bertz CT molecular complexity index is 1140. The number of carboxylic acids is 1. The van der Waals surface area contributed by atoms with Crippen LogP contribution in [0.3, 0.4) is 0 Å². The van der Waals surface area contributed by atoms with Gasteiger partial charge in [-0.15, -0.1) is 0 Å². The molecule has 0 radical (unpaired) electrons. The summed E-state index contributed by atoms with van der Waals surface area (Å²) in [6.07, 6.45) is 0.0132. The molecule has 2 amide bonds. The largest absolute Gasteiger partial charge is 0.481 e. The van der Waals surface area contributed by atoms with Crippen molar-refractivity contribution in [1.82, 2.24) is 9.80 Å². The molecule has 1 N–H and O–H groups in total. The van der Waals surface area contributed by atoms with Crippen LogP contribution in [0, 0.1) is 11.8 Å². The minimum absolute atomic E-state index is 0.0614. The molecule has 2 aliphatic rings. The molecule has 0 aliphatic carbocycles. The lowest BCUT2D eigenvalue weighted by atomic mass is 9.93. The smallest absolute Gasteiger partial charge is 0.411 e. The monoisotopic (exact) mass is 672 g/mol. The third-order valence-corrected chi connectivity index (χ3v) is 6.66. The van der Waals surface area contributed by atoms with Gasteiger partial charge in [-0.2, -0.15) is 0 Å². The van der Waals surface area contributed by atoms with Crippen molar-refractivity contribution in [3.8, 4) is 0 Å². The van der Waals surface area contributed by atoms with E-state index in [4.69, 9.17) is 23.7 Å². The van der Waals surface area contributed by atoms with Crippen molar-refractivity contribution in [3.63, 3.8) is 0 Å². The molecule has 2 rings (SSSR count). The van der Waals surface area contributed by atoms with E-state index in [1.807, 2.05) is 0 Å². The fourth-order valence-corrected chi connectivity index (χ4v) is 4.78. The van der Waals surface area contributed by atoms with E-state index in [1.54, 1.807) is 83.1 Å². The maximum Gasteiger partial charge on any atom is 0.411 e. The summed E-state index contributed by atoms with van der Waals surface area (Å²) in [6, 6.07) is -1.58. The minimum Gasteiger partial charge on any atom is -0.481 e. The highest BCUT2D eigenvalue weighted by atomic mass is 16.6. The standard InChI is InChI=1S/C17H29NO6.C16H27NO6/c1-16(2,3)23-14(20)12-9-8-11(13(19)22-7)10-18(12)15(21)24-17(4,5)6;1-15(2,3)22-13(20)11-8-7-10(12(18)19)9-17(11)14(21)23-16(4,5)6/h11-12H,8-10H2,1-7H3;10-11H,7-9H2,1-6H3,(H,18,19)/t11-,12-;10-,11?/m00/s1. The average molecular weight is 673 g/mol. The normalized spacial score (nSPS) is 22.1. The number of piperidine rings is 2. The number of nitrogens with zero attached hydrogens (tertiary/aromatic N) is 2. The lowest BCUT2D eigenvalue weighted by Gasteiger charge is -2.38. The predicted octanol–water partition coefficient (Wildman–Crippen LogP) is 4.95. The van der Waals surface area contributed by atoms with Gasteiger partial charge in [0.1, 0.15) is 34.5 Å². The molecule has 0 aromatic carbocycles. The summed E-state index contributed by atoms with van der Waals surface area (Å²) in [4.78, 5) is 75.2. The summed E-state index contributed by atoms with van der Waals surface area (Å²) in [5, 5.41) is 9.19. The topological polar surface area (TPSA) is 175 Å². The highest BCUT2D eigenvalue weighted by Gasteiger charge is 2.43. The molecule has 270 valence electrons. The van der Waals surface area contributed by atoms with Crippen LogP contribution in [0.1, 0.15) is 109 Å². The van der Waals surface area contributed by atoms with Gasteiger partial charge < -0.3 is 28.8 Å². The van der Waals surface area contributed by atoms with Gasteiger partial charge in [0.2, 0.25) is 0 Å². The number of aliphatic carboxylic acids is 1. The number of esters is 3. The first-order valence-electron chi connectivity index (χ1n) is 15.9. The van der Waals surface area contributed by atoms with Crippen molar-refractivity contribution >= 4 is 36.1 Å². The minimum atomic E-state index is -0.985. The molecule has 2 saturated heterocycles. The van der Waals surface area contributed by atoms with Crippen LogP contribution >= 0.6 is 0 Å². The van der Waals surface area contributed by atoms with E-state index < -0.39 is 82.4 Å². The first-order chi connectivity index (χ1) is 21.1. The number of carboxylic acid groups (broad SMARTS) is 1. The van der Waals surface area contributed by atoms with Crippen LogP contribution in [-0.4, -0.2) is 106 Å². The lowest BCUT2D eigenvalue weighted by Crippen LogP contribution is -2.54. The van der Waals surface area contributed by atoms with Crippen molar-refractivity contribution in [2.45, 2.75) is 143 Å². The van der Waals surface area contributed by atoms with Gasteiger partial charge in [-0.3, -0.25) is 19.4 Å². The number of hydrogen-bond acceptors (Lipinski definition) is 11. The molecule has 2 fully saturated rings. The van der Waals surface area contributed by atoms with E-state index in [9.17, 15) is 33.9 Å². The number of rotatable bonds is 4. The second-order valence-electron chi connectivity index (χ2n) is 15.8. The van der Waals surface area contributed by atoms with E-state index in [2.05, 4.69) is 0 Å². The summed E-state index contributed by atoms with van der Waals surface area (Å²) in [5.41, 5.74) is -2.77. The summed E-state index contributed by atoms with van der Waals surface area (Å²) in [7, 11) is 1.31. The van der Waals surface area contributed by atoms with Crippen molar-refractivity contribution in [2.24, 2.45) is 11.8 Å². The Morgan fingerprint density at radius 2 is 0.830 bits per heavy atom. The third-order valence-electron chi connectivity index (χ3n) is 6.66. The van der Waals surface area contributed by atoms with E-state index in [0.717, 1.165) is 0 Å². The molecule has 14 heteroatoms. The van der Waals surface area contributed by atoms with Crippen LogP contribution in [0.25, 0.3) is 0 Å². The maximum atomic E-state index is 12.5. The molecule has 0 aromatic heterocycles. The van der Waals surface area contributed by atoms with Crippen molar-refractivity contribution in [2.75, 3.05) is 20.2 Å². The highest BCUT2D eigenvalue weighted by molar-refractivity contribution is 5.84. The SMILES string of the molecule is CC(C)(C)OC(=O)C1CC[C@H](C(=O)O)CN1C(=O)OC(C)(C)C.COC(=O)[C@H]1CC[C@@H](C(=O)OC(C)(C)C)N(C(=O)OC(C)(C)C)C1. The van der Waals surface area contributed by atoms with Crippen LogP contribution in [-0.2, 0) is 42.9 Å². The zero-order valence-corrected chi connectivity index (χ0v) is 30.4. The van der Waals surface area contributed by atoms with Gasteiger partial charge in [0.15, 0.2) is 0 Å². The Hall–Kier alpha value is -3.58. The number of hydrogen-bond donors (Lipinski definition) is 1. The molecular formula is C33H56N2O12. The van der Waals surface area contributed by atoms with E-state index in [1.165, 1.54) is 16.9 Å². The average Bonchev–Trinajstić information content (AvgIpc) is 2.88. The van der Waals surface area contributed by atoms with Crippen LogP contribution < -0.4 is 0 Å². The molecule has 0 aromatic rings. The van der Waals surface area contributed by atoms with Crippen LogP contribution in [0.2, 0.25) is 0 Å². The Balaban J connectivity index is 0.000000470. The zero-order valence-electron chi connectivity index (χ0n) is 30.4. The number of carbonyl (C=O) groups is 6. The van der Waals surface area contributed by atoms with E-state index >= 15 is 0 Å². The Morgan fingerprint density at radius 1 is 0.511 bits per heavy atom. The first-order valence-corrected chi connectivity index (χ1v) is 15.9. The molecule has 47 heavy (non-hydrogen) atoms. The van der Waals surface area contributed by atoms with Gasteiger partial charge >= 0.3 is 36.1 Å². The van der Waals surface area contributed by atoms with Crippen molar-refractivity contribution in [1.29, 1.82) is 0 Å². The van der Waals surface area contributed by atoms with Crippen LogP contribution in [0.4, 0.5) is 9.59 Å². The second kappa shape index (κ2) is 16.0. The summed E-state index contributed by atoms with van der Waals surface area (Å²) < 4.78 is 26.2. The molecule has 2 heterocycles. The number of ether oxygens (including phenoxy) is 5. The van der Waals surface area contributed by atoms with Crippen molar-refractivity contribution in [3.05, 3.63) is 0 Å². The number of likely N-dealkylation sites (tertiary alicyclic amines) is 2. The van der Waals surface area contributed by atoms with E-state index in [-0.39, 0.29) is 19.5 Å². The molecule has 0 bridgehead atoms. The molecule has 1 unspecified atom stereocenters. The van der Waals surface area contributed by atoms with Crippen LogP contribution in [0.15, 0.2) is 0 Å². The molecular weight excluding hydrogens is 616 g/mol. The Labute approximate surface area is 278 Å². The van der Waals surface area contributed by atoms with Gasteiger partial charge in [-0.05, 0) is 109 Å². The molecule has 0 spiro atoms. The molecule has 2 aliphatic heterocycles. The third kappa shape index (κ3) is 14.8. The number of methoxy groups -OCH3 is 1. The number of carbonyl (C=O) groups excluding carboxylic acids is 5. The zero-order chi connectivity index (χ0) is 36.7. The van der Waals surface area contributed by atoms with Gasteiger partial charge in [0, 0.05) is 13.1 Å². The predicted molar refractivity (Wildman–Crippen MR) is 170 cm³/mol. The van der Waals surface area contributed by atoms with E-state index in [0.29, 0.717) is 19.3 Å². The van der Waals surface area contributed by atoms with Crippen LogP contribution in [0.5, 0.6) is 0 Å². The quantitative estimate of drug-likeness (QED) is 0.315. The first kappa shape index (κ1) is 41.4. The molecule has 4 atom stereocenters. The van der Waals surface area contributed by atoms with Gasteiger partial charge in [0.25, 0.3) is 0 Å². The lowest BCUT2D eigenvalue weighted by molar-refractivity contribution is -0.165. The highest BCUT2D eigenvalue weighted by Crippen LogP contribution is 2.28. The molecule has 14 nitrogen and oxygen atoms in total. The maximum absolute atomic E-state index is 12.5. The van der Waals surface area contributed by atoms with Gasteiger partial charge in [-0.25, -0.2) is 19.2 Å². The summed E-state index contributed by atoms with van der Waals surface area (Å²) in [6.45, 7) is 20.9. The molecule has 0 saturated carbocycles. The summed E-state index contributed by atoms with van der Waals surface area (Å²) >= 11 is 0. The fraction of sp³-hybridized carbons (Fsp3) is 0.818. The van der Waals surface area contributed by atoms with Gasteiger partial charge in [0.05, 0.1) is 18.9 Å².